The molecule has 0 aliphatic carbocycles. The summed E-state index contributed by atoms with van der Waals surface area (Å²) < 4.78 is 18.3. The van der Waals surface area contributed by atoms with Gasteiger partial charge in [-0.25, -0.2) is 0 Å². The van der Waals surface area contributed by atoms with Gasteiger partial charge in [-0.05, 0) is 48.1 Å². The molecule has 5 heteroatoms. The van der Waals surface area contributed by atoms with Gasteiger partial charge in [-0.15, -0.1) is 0 Å². The maximum atomic E-state index is 12.0. The molecule has 2 N–H and O–H groups in total. The third-order valence-corrected chi connectivity index (χ3v) is 5.48. The van der Waals surface area contributed by atoms with Crippen LogP contribution in [0.2, 0.25) is 0 Å². The second kappa shape index (κ2) is 7.77. The second-order valence-electron chi connectivity index (χ2n) is 10.8. The Kier molecular flexibility index (Phi) is 5.76. The van der Waals surface area contributed by atoms with E-state index in [0.29, 0.717) is 24.5 Å². The Morgan fingerprint density at radius 1 is 1.10 bits per heavy atom. The molecule has 0 radical (unpaired) electrons. The van der Waals surface area contributed by atoms with Crippen LogP contribution in [0.5, 0.6) is 17.2 Å². The minimum atomic E-state index is -0.534. The highest BCUT2D eigenvalue weighted by Crippen LogP contribution is 2.50. The molecule has 0 amide bonds. The van der Waals surface area contributed by atoms with Gasteiger partial charge in [0.05, 0.1) is 0 Å². The Bertz CT molecular complexity index is 980. The zero-order valence-electron chi connectivity index (χ0n) is 20.0. The number of carbonyl (C=O) groups is 1. The van der Waals surface area contributed by atoms with Gasteiger partial charge in [0, 0.05) is 35.7 Å². The van der Waals surface area contributed by atoms with E-state index in [9.17, 15) is 4.79 Å². The molecule has 168 valence electrons. The Morgan fingerprint density at radius 3 is 2.23 bits per heavy atom. The molecule has 0 saturated carbocycles. The van der Waals surface area contributed by atoms with Crippen LogP contribution in [0.4, 0.5) is 5.69 Å². The molecule has 1 aliphatic rings. The fourth-order valence-electron chi connectivity index (χ4n) is 4.10. The molecule has 31 heavy (non-hydrogen) atoms. The Morgan fingerprint density at radius 2 is 1.71 bits per heavy atom. The first-order chi connectivity index (χ1) is 14.2. The Hall–Kier alpha value is -2.69. The number of nitrogen functional groups attached to an aromatic ring is 1. The molecule has 0 aromatic heterocycles. The van der Waals surface area contributed by atoms with Crippen LogP contribution in [0, 0.1) is 0 Å². The van der Waals surface area contributed by atoms with Gasteiger partial charge in [0.1, 0.15) is 29.5 Å². The second-order valence-corrected chi connectivity index (χ2v) is 10.8. The highest BCUT2D eigenvalue weighted by molar-refractivity contribution is 5.73. The standard InChI is InChI=1S/C26H35NO4/c1-16(28)30-23-20(24(2,3)4)13-21-19(22(23)25(5,6)7)14-26(8,31-21)15-29-18-11-9-17(27)10-12-18/h9-13H,14-15,27H2,1-8H3. The molecule has 5 nitrogen and oxygen atoms in total. The van der Waals surface area contributed by atoms with Crippen LogP contribution in [-0.2, 0) is 22.0 Å². The maximum Gasteiger partial charge on any atom is 0.308 e. The number of nitrogens with two attached hydrogens (primary N) is 1. The minimum absolute atomic E-state index is 0.220. The smallest absolute Gasteiger partial charge is 0.308 e. The quantitative estimate of drug-likeness (QED) is 0.394. The lowest BCUT2D eigenvalue weighted by Crippen LogP contribution is -2.37. The number of carbonyl (C=O) groups excluding carboxylic acids is 1. The van der Waals surface area contributed by atoms with Gasteiger partial charge in [-0.3, -0.25) is 4.79 Å². The molecule has 0 saturated heterocycles. The molecule has 2 aromatic rings. The number of hydrogen-bond donors (Lipinski definition) is 1. The molecule has 1 unspecified atom stereocenters. The monoisotopic (exact) mass is 425 g/mol. The fourth-order valence-corrected chi connectivity index (χ4v) is 4.10. The van der Waals surface area contributed by atoms with Gasteiger partial charge >= 0.3 is 5.97 Å². The Balaban J connectivity index is 2.03. The summed E-state index contributed by atoms with van der Waals surface area (Å²) in [7, 11) is 0. The highest BCUT2D eigenvalue weighted by atomic mass is 16.6. The first kappa shape index (κ1) is 23.0. The lowest BCUT2D eigenvalue weighted by Gasteiger charge is -2.30. The van der Waals surface area contributed by atoms with E-state index in [0.717, 1.165) is 28.2 Å². The van der Waals surface area contributed by atoms with E-state index in [1.165, 1.54) is 6.92 Å². The number of anilines is 1. The van der Waals surface area contributed by atoms with E-state index in [2.05, 4.69) is 48.5 Å². The highest BCUT2D eigenvalue weighted by Gasteiger charge is 2.42. The van der Waals surface area contributed by atoms with Crippen molar-refractivity contribution >= 4 is 11.7 Å². The lowest BCUT2D eigenvalue weighted by molar-refractivity contribution is -0.132. The van der Waals surface area contributed by atoms with Crippen molar-refractivity contribution in [3.05, 3.63) is 47.0 Å². The molecular formula is C26H35NO4. The predicted octanol–water partition coefficient (Wildman–Crippen LogP) is 5.56. The first-order valence-electron chi connectivity index (χ1n) is 10.8. The van der Waals surface area contributed by atoms with Crippen molar-refractivity contribution in [2.75, 3.05) is 12.3 Å². The van der Waals surface area contributed by atoms with Crippen LogP contribution in [0.15, 0.2) is 30.3 Å². The number of esters is 1. The third kappa shape index (κ3) is 4.97. The van der Waals surface area contributed by atoms with E-state index in [1.807, 2.05) is 30.3 Å². The molecule has 1 aliphatic heterocycles. The summed E-state index contributed by atoms with van der Waals surface area (Å²) in [4.78, 5) is 12.0. The summed E-state index contributed by atoms with van der Waals surface area (Å²) >= 11 is 0. The molecule has 1 atom stereocenters. The average Bonchev–Trinajstić information content (AvgIpc) is 2.94. The largest absolute Gasteiger partial charge is 0.489 e. The summed E-state index contributed by atoms with van der Waals surface area (Å²) in [6, 6.07) is 9.40. The molecule has 0 bridgehead atoms. The SMILES string of the molecule is CC(=O)Oc1c(C(C)(C)C)cc2c(c1C(C)(C)C)CC(C)(COc1ccc(N)cc1)O2. The number of ether oxygens (including phenoxy) is 3. The van der Waals surface area contributed by atoms with Crippen LogP contribution in [-0.4, -0.2) is 18.2 Å². The van der Waals surface area contributed by atoms with Crippen LogP contribution < -0.4 is 19.9 Å². The molecule has 1 heterocycles. The van der Waals surface area contributed by atoms with Gasteiger partial charge in [0.15, 0.2) is 0 Å². The summed E-state index contributed by atoms with van der Waals surface area (Å²) in [5.41, 5.74) is 8.56. The lowest BCUT2D eigenvalue weighted by atomic mass is 9.76. The van der Waals surface area contributed by atoms with Crippen LogP contribution in [0.1, 0.15) is 72.1 Å². The van der Waals surface area contributed by atoms with Crippen LogP contribution in [0.25, 0.3) is 0 Å². The van der Waals surface area contributed by atoms with E-state index in [1.54, 1.807) is 0 Å². The molecule has 0 fully saturated rings. The minimum Gasteiger partial charge on any atom is -0.489 e. The van der Waals surface area contributed by atoms with Gasteiger partial charge in [-0.1, -0.05) is 41.5 Å². The average molecular weight is 426 g/mol. The van der Waals surface area contributed by atoms with Crippen molar-refractivity contribution in [3.63, 3.8) is 0 Å². The molecule has 3 rings (SSSR count). The van der Waals surface area contributed by atoms with Crippen molar-refractivity contribution in [2.45, 2.75) is 78.2 Å². The maximum absolute atomic E-state index is 12.0. The predicted molar refractivity (Wildman–Crippen MR) is 124 cm³/mol. The van der Waals surface area contributed by atoms with E-state index in [-0.39, 0.29) is 16.8 Å². The van der Waals surface area contributed by atoms with Crippen molar-refractivity contribution < 1.29 is 19.0 Å². The van der Waals surface area contributed by atoms with Gasteiger partial charge < -0.3 is 19.9 Å². The zero-order chi connectivity index (χ0) is 23.2. The summed E-state index contributed by atoms with van der Waals surface area (Å²) in [6.45, 7) is 16.7. The van der Waals surface area contributed by atoms with E-state index in [4.69, 9.17) is 19.9 Å². The van der Waals surface area contributed by atoms with Crippen molar-refractivity contribution in [3.8, 4) is 17.2 Å². The number of fused-ring (bicyclic) bond motifs is 1. The van der Waals surface area contributed by atoms with Crippen molar-refractivity contribution in [2.24, 2.45) is 0 Å². The zero-order valence-corrected chi connectivity index (χ0v) is 20.0. The summed E-state index contributed by atoms with van der Waals surface area (Å²) in [6.07, 6.45) is 0.669. The van der Waals surface area contributed by atoms with Gasteiger partial charge in [0.25, 0.3) is 0 Å². The van der Waals surface area contributed by atoms with Crippen molar-refractivity contribution in [1.82, 2.24) is 0 Å². The van der Waals surface area contributed by atoms with Crippen LogP contribution in [0.3, 0.4) is 0 Å². The van der Waals surface area contributed by atoms with Crippen LogP contribution >= 0.6 is 0 Å². The fraction of sp³-hybridized carbons (Fsp3) is 0.500. The van der Waals surface area contributed by atoms with E-state index >= 15 is 0 Å². The topological polar surface area (TPSA) is 70.8 Å². The summed E-state index contributed by atoms with van der Waals surface area (Å²) in [5.74, 6) is 1.94. The molecule has 0 spiro atoms. The van der Waals surface area contributed by atoms with Crippen molar-refractivity contribution in [1.29, 1.82) is 0 Å². The van der Waals surface area contributed by atoms with E-state index < -0.39 is 5.60 Å². The number of rotatable bonds is 4. The first-order valence-corrected chi connectivity index (χ1v) is 10.8. The molecule has 2 aromatic carbocycles. The molecular weight excluding hydrogens is 390 g/mol. The van der Waals surface area contributed by atoms with Gasteiger partial charge in [-0.2, -0.15) is 0 Å². The van der Waals surface area contributed by atoms with Gasteiger partial charge in [0.2, 0.25) is 0 Å². The Labute approximate surface area is 185 Å². The normalized spacial score (nSPS) is 18.3. The number of benzene rings is 2. The third-order valence-electron chi connectivity index (χ3n) is 5.48. The number of hydrogen-bond acceptors (Lipinski definition) is 5. The summed E-state index contributed by atoms with van der Waals surface area (Å²) in [5, 5.41) is 0.